The molecule has 0 bridgehead atoms. The van der Waals surface area contributed by atoms with Crippen LogP contribution in [0.1, 0.15) is 22.8 Å². The minimum Gasteiger partial charge on any atom is -0.494 e. The van der Waals surface area contributed by atoms with Gasteiger partial charge in [-0.1, -0.05) is 52.4 Å². The monoisotopic (exact) mass is 439 g/mol. The number of thioether (sulfide) groups is 1. The van der Waals surface area contributed by atoms with E-state index in [1.54, 1.807) is 30.3 Å². The minimum atomic E-state index is -0.241. The Balaban J connectivity index is 1.56. The smallest absolute Gasteiger partial charge is 0.257 e. The maximum Gasteiger partial charge on any atom is 0.257 e. The number of amides is 1. The van der Waals surface area contributed by atoms with Gasteiger partial charge in [-0.3, -0.25) is 10.1 Å². The van der Waals surface area contributed by atoms with E-state index in [1.807, 2.05) is 19.1 Å². The van der Waals surface area contributed by atoms with Crippen LogP contribution in [0.3, 0.4) is 0 Å². The fourth-order valence-electron chi connectivity index (χ4n) is 2.13. The Morgan fingerprint density at radius 1 is 1.15 bits per heavy atom. The molecule has 3 rings (SSSR count). The van der Waals surface area contributed by atoms with Crippen molar-refractivity contribution in [1.29, 1.82) is 0 Å². The summed E-state index contributed by atoms with van der Waals surface area (Å²) in [6.45, 7) is 2.49. The van der Waals surface area contributed by atoms with E-state index >= 15 is 0 Å². The van der Waals surface area contributed by atoms with Gasteiger partial charge in [-0.25, -0.2) is 0 Å². The number of rotatable bonds is 7. The zero-order valence-electron chi connectivity index (χ0n) is 14.2. The van der Waals surface area contributed by atoms with Crippen molar-refractivity contribution in [3.05, 3.63) is 63.6 Å². The number of carbonyl (C=O) groups excluding carboxylic acids is 1. The molecule has 0 fully saturated rings. The number of ether oxygens (including phenoxy) is 1. The molecule has 5 nitrogen and oxygen atoms in total. The molecule has 9 heteroatoms. The van der Waals surface area contributed by atoms with Gasteiger partial charge in [-0.15, -0.1) is 10.2 Å². The van der Waals surface area contributed by atoms with Gasteiger partial charge in [0.2, 0.25) is 5.13 Å². The van der Waals surface area contributed by atoms with Crippen LogP contribution in [0.15, 0.2) is 46.8 Å². The summed E-state index contributed by atoms with van der Waals surface area (Å²) in [6, 6.07) is 12.4. The second-order valence-corrected chi connectivity index (χ2v) is 8.34. The van der Waals surface area contributed by atoms with Crippen molar-refractivity contribution in [1.82, 2.24) is 10.2 Å². The molecular weight excluding hydrogens is 425 g/mol. The number of nitrogens with zero attached hydrogens (tertiary/aromatic N) is 2. The molecule has 0 aliphatic carbocycles. The van der Waals surface area contributed by atoms with E-state index in [-0.39, 0.29) is 5.91 Å². The predicted octanol–water partition coefficient (Wildman–Crippen LogP) is 5.79. The van der Waals surface area contributed by atoms with E-state index in [2.05, 4.69) is 15.5 Å². The molecule has 27 heavy (non-hydrogen) atoms. The number of carbonyl (C=O) groups is 1. The molecule has 3 aromatic rings. The molecule has 1 aromatic heterocycles. The van der Waals surface area contributed by atoms with Crippen molar-refractivity contribution >= 4 is 57.3 Å². The van der Waals surface area contributed by atoms with E-state index in [9.17, 15) is 4.79 Å². The summed E-state index contributed by atoms with van der Waals surface area (Å²) >= 11 is 14.8. The maximum atomic E-state index is 12.3. The van der Waals surface area contributed by atoms with Crippen molar-refractivity contribution in [3.63, 3.8) is 0 Å². The van der Waals surface area contributed by atoms with Crippen LogP contribution in [0.25, 0.3) is 0 Å². The molecule has 0 aliphatic rings. The van der Waals surface area contributed by atoms with Crippen LogP contribution in [-0.2, 0) is 5.75 Å². The van der Waals surface area contributed by atoms with E-state index in [0.717, 1.165) is 15.7 Å². The third kappa shape index (κ3) is 5.59. The van der Waals surface area contributed by atoms with Crippen LogP contribution in [0.5, 0.6) is 5.75 Å². The lowest BCUT2D eigenvalue weighted by atomic mass is 10.2. The van der Waals surface area contributed by atoms with Gasteiger partial charge in [0.25, 0.3) is 5.91 Å². The minimum absolute atomic E-state index is 0.241. The van der Waals surface area contributed by atoms with Crippen LogP contribution in [0, 0.1) is 0 Å². The lowest BCUT2D eigenvalue weighted by Gasteiger charge is -2.04. The van der Waals surface area contributed by atoms with Gasteiger partial charge < -0.3 is 4.74 Å². The van der Waals surface area contributed by atoms with Gasteiger partial charge >= 0.3 is 0 Å². The molecule has 0 saturated carbocycles. The van der Waals surface area contributed by atoms with Crippen LogP contribution in [0.2, 0.25) is 10.0 Å². The molecule has 1 amide bonds. The Hall–Kier alpha value is -1.80. The second-order valence-electron chi connectivity index (χ2n) is 5.32. The summed E-state index contributed by atoms with van der Waals surface area (Å²) < 4.78 is 6.12. The first-order chi connectivity index (χ1) is 13.0. The van der Waals surface area contributed by atoms with Crippen LogP contribution in [-0.4, -0.2) is 22.7 Å². The molecule has 1 N–H and O–H groups in total. The third-order valence-corrected chi connectivity index (χ3v) is 6.18. The van der Waals surface area contributed by atoms with E-state index in [0.29, 0.717) is 33.1 Å². The van der Waals surface area contributed by atoms with Crippen molar-refractivity contribution in [3.8, 4) is 5.75 Å². The van der Waals surface area contributed by atoms with E-state index in [4.69, 9.17) is 27.9 Å². The number of aromatic nitrogens is 2. The Kier molecular flexibility index (Phi) is 6.95. The summed E-state index contributed by atoms with van der Waals surface area (Å²) in [5.74, 6) is 1.17. The fourth-order valence-corrected chi connectivity index (χ4v) is 4.14. The first kappa shape index (κ1) is 19.9. The molecule has 0 aliphatic heterocycles. The molecule has 140 valence electrons. The lowest BCUT2D eigenvalue weighted by Crippen LogP contribution is -2.11. The standard InChI is InChI=1S/C18H15Cl2N3O2S2/c1-2-25-13-6-4-12(5-7-13)16(24)21-17-22-23-18(27-17)26-10-11-3-8-14(19)15(20)9-11/h3-9H,2,10H2,1H3,(H,21,22,24). The van der Waals surface area contributed by atoms with Gasteiger partial charge in [0, 0.05) is 11.3 Å². The Labute approximate surface area is 175 Å². The number of hydrogen-bond donors (Lipinski definition) is 1. The Bertz CT molecular complexity index is 933. The molecule has 0 radical (unpaired) electrons. The third-order valence-electron chi connectivity index (χ3n) is 3.40. The highest BCUT2D eigenvalue weighted by Gasteiger charge is 2.11. The SMILES string of the molecule is CCOc1ccc(C(=O)Nc2nnc(SCc3ccc(Cl)c(Cl)c3)s2)cc1. The molecule has 0 unspecified atom stereocenters. The number of halogens is 2. The first-order valence-corrected chi connectivity index (χ1v) is 10.6. The van der Waals surface area contributed by atoms with Gasteiger partial charge in [-0.2, -0.15) is 0 Å². The van der Waals surface area contributed by atoms with Crippen molar-refractivity contribution < 1.29 is 9.53 Å². The average Bonchev–Trinajstić information content (AvgIpc) is 3.11. The van der Waals surface area contributed by atoms with Crippen LogP contribution >= 0.6 is 46.3 Å². The number of hydrogen-bond acceptors (Lipinski definition) is 6. The number of benzene rings is 2. The Morgan fingerprint density at radius 2 is 1.93 bits per heavy atom. The molecule has 2 aromatic carbocycles. The topological polar surface area (TPSA) is 64.1 Å². The summed E-state index contributed by atoms with van der Waals surface area (Å²) in [4.78, 5) is 12.3. The number of anilines is 1. The van der Waals surface area contributed by atoms with Gasteiger partial charge in [0.05, 0.1) is 16.7 Å². The van der Waals surface area contributed by atoms with E-state index in [1.165, 1.54) is 23.1 Å². The highest BCUT2D eigenvalue weighted by molar-refractivity contribution is 8.00. The summed E-state index contributed by atoms with van der Waals surface area (Å²) in [6.07, 6.45) is 0. The van der Waals surface area contributed by atoms with E-state index < -0.39 is 0 Å². The molecule has 0 spiro atoms. The highest BCUT2D eigenvalue weighted by Crippen LogP contribution is 2.30. The summed E-state index contributed by atoms with van der Waals surface area (Å²) in [5, 5.41) is 12.4. The van der Waals surface area contributed by atoms with Crippen molar-refractivity contribution in [2.24, 2.45) is 0 Å². The molecule has 0 atom stereocenters. The van der Waals surface area contributed by atoms with Crippen molar-refractivity contribution in [2.75, 3.05) is 11.9 Å². The zero-order chi connectivity index (χ0) is 19.2. The summed E-state index contributed by atoms with van der Waals surface area (Å²) in [5.41, 5.74) is 1.56. The fraction of sp³-hybridized carbons (Fsp3) is 0.167. The maximum absolute atomic E-state index is 12.3. The predicted molar refractivity (Wildman–Crippen MR) is 111 cm³/mol. The van der Waals surface area contributed by atoms with Gasteiger partial charge in [-0.05, 0) is 48.9 Å². The second kappa shape index (κ2) is 9.41. The first-order valence-electron chi connectivity index (χ1n) is 7.99. The molecule has 0 saturated heterocycles. The van der Waals surface area contributed by atoms with Crippen molar-refractivity contribution in [2.45, 2.75) is 17.0 Å². The normalized spacial score (nSPS) is 10.6. The average molecular weight is 440 g/mol. The largest absolute Gasteiger partial charge is 0.494 e. The Morgan fingerprint density at radius 3 is 2.63 bits per heavy atom. The highest BCUT2D eigenvalue weighted by atomic mass is 35.5. The molecular formula is C18H15Cl2N3O2S2. The quantitative estimate of drug-likeness (QED) is 0.372. The summed E-state index contributed by atoms with van der Waals surface area (Å²) in [7, 11) is 0. The van der Waals surface area contributed by atoms with Crippen LogP contribution in [0.4, 0.5) is 5.13 Å². The number of nitrogens with one attached hydrogen (secondary N) is 1. The van der Waals surface area contributed by atoms with Gasteiger partial charge in [0.15, 0.2) is 4.34 Å². The van der Waals surface area contributed by atoms with Crippen LogP contribution < -0.4 is 10.1 Å². The zero-order valence-corrected chi connectivity index (χ0v) is 17.4. The lowest BCUT2D eigenvalue weighted by molar-refractivity contribution is 0.102. The molecule has 1 heterocycles. The van der Waals surface area contributed by atoms with Gasteiger partial charge in [0.1, 0.15) is 5.75 Å².